The maximum Gasteiger partial charge on any atom is 0.145 e. The molecule has 6 aromatic carbocycles. The molecule has 0 atom stereocenters. The topological polar surface area (TPSA) is 40.6 Å². The number of nitrogens with zero attached hydrogens (tertiary/aromatic N) is 5. The summed E-state index contributed by atoms with van der Waals surface area (Å²) in [6, 6.07) is 15.7. The van der Waals surface area contributed by atoms with E-state index in [1.54, 1.807) is 6.07 Å². The van der Waals surface area contributed by atoms with Crippen LogP contribution in [0.3, 0.4) is 0 Å². The highest BCUT2D eigenvalue weighted by molar-refractivity contribution is 6.13. The number of rotatable bonds is 4. The molecule has 0 bridgehead atoms. The van der Waals surface area contributed by atoms with Crippen molar-refractivity contribution >= 4 is 65.7 Å². The largest absolute Gasteiger partial charge is 0.309 e. The van der Waals surface area contributed by atoms with Crippen LogP contribution in [0.2, 0.25) is 0 Å². The van der Waals surface area contributed by atoms with Crippen LogP contribution < -0.4 is 0 Å². The minimum absolute atomic E-state index is 0.0532. The van der Waals surface area contributed by atoms with E-state index in [0.29, 0.717) is 5.69 Å². The molecule has 5 aromatic heterocycles. The zero-order chi connectivity index (χ0) is 47.4. The minimum atomic E-state index is -0.705. The number of hydrogen-bond donors (Lipinski definition) is 0. The van der Waals surface area contributed by atoms with Gasteiger partial charge >= 0.3 is 0 Å². The lowest BCUT2D eigenvalue weighted by atomic mass is 10.0. The first-order chi connectivity index (χ1) is 32.0. The molecule has 0 aliphatic carbocycles. The molecule has 0 saturated carbocycles. The predicted molar refractivity (Wildman–Crippen MR) is 210 cm³/mol. The Labute approximate surface area is 315 Å². The van der Waals surface area contributed by atoms with Crippen molar-refractivity contribution in [2.75, 3.05) is 0 Å². The van der Waals surface area contributed by atoms with Crippen LogP contribution >= 0.6 is 0 Å². The van der Waals surface area contributed by atoms with E-state index >= 15 is 0 Å². The first-order valence-corrected chi connectivity index (χ1v) is 16.0. The van der Waals surface area contributed by atoms with Gasteiger partial charge in [0.1, 0.15) is 11.3 Å². The van der Waals surface area contributed by atoms with E-state index in [0.717, 1.165) is 32.1 Å². The Morgan fingerprint density at radius 1 is 0.392 bits per heavy atom. The van der Waals surface area contributed by atoms with E-state index in [-0.39, 0.29) is 49.4 Å². The Morgan fingerprint density at radius 2 is 1.12 bits per heavy atom. The van der Waals surface area contributed by atoms with Crippen molar-refractivity contribution in [1.29, 1.82) is 0 Å². The third-order valence-corrected chi connectivity index (χ3v) is 9.21. The summed E-state index contributed by atoms with van der Waals surface area (Å²) in [6.45, 7) is 0. The summed E-state index contributed by atoms with van der Waals surface area (Å²) >= 11 is 0. The summed E-state index contributed by atoms with van der Waals surface area (Å²) in [4.78, 5) is 8.76. The van der Waals surface area contributed by atoms with Gasteiger partial charge in [-0.2, -0.15) is 0 Å². The Bertz CT molecular complexity index is 4040. The highest BCUT2D eigenvalue weighted by atomic mass is 15.1. The van der Waals surface area contributed by atoms with E-state index in [1.165, 1.54) is 10.6 Å². The van der Waals surface area contributed by atoms with Gasteiger partial charge in [-0.15, -0.1) is 0 Å². The summed E-state index contributed by atoms with van der Waals surface area (Å²) in [5.74, 6) is 0. The second-order valence-electron chi connectivity index (χ2n) is 11.9. The molecule has 0 aliphatic rings. The molecule has 0 spiro atoms. The molecule has 0 fully saturated rings. The second kappa shape index (κ2) is 10.8. The highest BCUT2D eigenvalue weighted by Crippen LogP contribution is 2.39. The van der Waals surface area contributed by atoms with E-state index in [2.05, 4.69) is 14.5 Å². The van der Waals surface area contributed by atoms with Gasteiger partial charge in [0.25, 0.3) is 0 Å². The van der Waals surface area contributed by atoms with Gasteiger partial charge in [-0.1, -0.05) is 78.7 Å². The molecule has 51 heavy (non-hydrogen) atoms. The standard InChI is InChI=1S/C46H29N5/c1-3-11-30(12-4-1)31-19-22-36-37-16-9-25-47-45(37)51(44(36)27-31)34-21-24-43-40(29-34)38-17-10-26-48-46(38)50(43)33-20-23-42-39(28-33)35-15-7-8-18-41(35)49(42)32-13-5-2-6-14-32/h1-29H/i1D,3D,4D,9D,10D,11D,12D,16D,17D,19D,21D,22D,24D,25D,26D,29D. The average Bonchev–Trinajstić information content (AvgIpc) is 3.95. The molecule has 0 aliphatic heterocycles. The maximum atomic E-state index is 10.00. The number of pyridine rings is 2. The predicted octanol–water partition coefficient (Wildman–Crippen LogP) is 11.4. The lowest BCUT2D eigenvalue weighted by Crippen LogP contribution is -1.98. The van der Waals surface area contributed by atoms with Crippen LogP contribution in [0.4, 0.5) is 0 Å². The fourth-order valence-electron chi connectivity index (χ4n) is 7.07. The van der Waals surface area contributed by atoms with Crippen molar-refractivity contribution in [2.45, 2.75) is 0 Å². The molecule has 5 heterocycles. The molecule has 238 valence electrons. The van der Waals surface area contributed by atoms with Crippen LogP contribution in [0, 0.1) is 0 Å². The SMILES string of the molecule is [2H]c1nc2c(c([2H])c1[2H])c1c([2H])c([2H])c(-c3c([2H])c([2H])c([2H])c([2H])c3[2H])cc1n2-c1c([2H])c([2H])c2c(c1[2H])c1c([2H])c([2H])c([2H])nc1n2-c1ccc2c(c1)c1ccccc1n2-c1ccccc1. The van der Waals surface area contributed by atoms with Gasteiger partial charge in [-0.3, -0.25) is 9.13 Å². The Hall–Kier alpha value is -6.98. The lowest BCUT2D eigenvalue weighted by Gasteiger charge is -2.11. The normalized spacial score (nSPS) is 16.3. The summed E-state index contributed by atoms with van der Waals surface area (Å²) < 4.78 is 147. The molecule has 5 heteroatoms. The summed E-state index contributed by atoms with van der Waals surface area (Å²) in [5, 5.41) is 1.05. The molecular weight excluding hydrogens is 623 g/mol. The molecule has 11 aromatic rings. The molecule has 0 saturated heterocycles. The van der Waals surface area contributed by atoms with Crippen molar-refractivity contribution in [3.8, 4) is 28.2 Å². The molecule has 0 radical (unpaired) electrons. The van der Waals surface area contributed by atoms with Crippen LogP contribution in [-0.4, -0.2) is 23.7 Å². The lowest BCUT2D eigenvalue weighted by molar-refractivity contribution is 1.12. The number of fused-ring (bicyclic) bond motifs is 9. The number of benzene rings is 6. The van der Waals surface area contributed by atoms with Crippen LogP contribution in [0.5, 0.6) is 0 Å². The summed E-state index contributed by atoms with van der Waals surface area (Å²) in [6.07, 6.45) is -1.24. The minimum Gasteiger partial charge on any atom is -0.309 e. The van der Waals surface area contributed by atoms with Crippen LogP contribution in [0.25, 0.3) is 93.9 Å². The summed E-state index contributed by atoms with van der Waals surface area (Å²) in [7, 11) is 0. The summed E-state index contributed by atoms with van der Waals surface area (Å²) in [5.41, 5.74) is 1.31. The molecule has 11 rings (SSSR count). The van der Waals surface area contributed by atoms with Gasteiger partial charge in [0, 0.05) is 61.7 Å². The van der Waals surface area contributed by atoms with E-state index in [4.69, 9.17) is 15.1 Å². The number of hydrogen-bond acceptors (Lipinski definition) is 2. The molecule has 0 unspecified atom stereocenters. The van der Waals surface area contributed by atoms with Gasteiger partial charge in [-0.05, 0) is 95.9 Å². The van der Waals surface area contributed by atoms with Crippen molar-refractivity contribution in [2.24, 2.45) is 0 Å². The Morgan fingerprint density at radius 3 is 1.94 bits per heavy atom. The number of para-hydroxylation sites is 2. The fraction of sp³-hybridized carbons (Fsp3) is 0. The van der Waals surface area contributed by atoms with E-state index in [9.17, 15) is 6.85 Å². The first-order valence-electron chi connectivity index (χ1n) is 24.0. The van der Waals surface area contributed by atoms with Gasteiger partial charge in [0.05, 0.1) is 44.0 Å². The van der Waals surface area contributed by atoms with E-state index in [1.807, 2.05) is 66.7 Å². The smallest absolute Gasteiger partial charge is 0.145 e. The van der Waals surface area contributed by atoms with Crippen molar-refractivity contribution in [3.63, 3.8) is 0 Å². The van der Waals surface area contributed by atoms with Crippen molar-refractivity contribution < 1.29 is 21.9 Å². The van der Waals surface area contributed by atoms with Crippen LogP contribution in [-0.2, 0) is 0 Å². The maximum absolute atomic E-state index is 10.00. The van der Waals surface area contributed by atoms with Crippen molar-refractivity contribution in [1.82, 2.24) is 23.7 Å². The van der Waals surface area contributed by atoms with Crippen molar-refractivity contribution in [3.05, 3.63) is 176 Å². The van der Waals surface area contributed by atoms with Crippen LogP contribution in [0.1, 0.15) is 21.9 Å². The van der Waals surface area contributed by atoms with E-state index < -0.39 is 108 Å². The molecule has 0 amide bonds. The Balaban J connectivity index is 1.29. The molecule has 0 N–H and O–H groups in total. The van der Waals surface area contributed by atoms with Crippen LogP contribution in [0.15, 0.2) is 176 Å². The molecule has 5 nitrogen and oxygen atoms in total. The monoisotopic (exact) mass is 667 g/mol. The zero-order valence-electron chi connectivity index (χ0n) is 42.2. The van der Waals surface area contributed by atoms with Gasteiger partial charge in [0.2, 0.25) is 0 Å². The third kappa shape index (κ3) is 4.09. The van der Waals surface area contributed by atoms with Gasteiger partial charge < -0.3 is 4.57 Å². The zero-order valence-corrected chi connectivity index (χ0v) is 26.2. The average molecular weight is 668 g/mol. The number of aromatic nitrogens is 5. The fourth-order valence-corrected chi connectivity index (χ4v) is 7.07. The van der Waals surface area contributed by atoms with Gasteiger partial charge in [-0.25, -0.2) is 9.97 Å². The first kappa shape index (κ1) is 16.6. The Kier molecular flexibility index (Phi) is 3.51. The molecular formula is C46H29N5. The highest BCUT2D eigenvalue weighted by Gasteiger charge is 2.19. The van der Waals surface area contributed by atoms with Gasteiger partial charge in [0.15, 0.2) is 0 Å². The second-order valence-corrected chi connectivity index (χ2v) is 11.9. The quantitative estimate of drug-likeness (QED) is 0.187. The third-order valence-electron chi connectivity index (χ3n) is 9.21.